The number of amides is 1. The number of carbonyl (C=O) groups excluding carboxylic acids is 2. The molecule has 0 aliphatic carbocycles. The highest BCUT2D eigenvalue weighted by molar-refractivity contribution is 7.89. The van der Waals surface area contributed by atoms with Crippen molar-refractivity contribution in [1.82, 2.24) is 9.21 Å². The average Bonchev–Trinajstić information content (AvgIpc) is 2.74. The molecule has 31 heavy (non-hydrogen) atoms. The van der Waals surface area contributed by atoms with E-state index in [1.165, 1.54) is 39.5 Å². The minimum atomic E-state index is -3.67. The van der Waals surface area contributed by atoms with Crippen LogP contribution in [0, 0.1) is 0 Å². The Hall–Kier alpha value is -1.84. The fourth-order valence-electron chi connectivity index (χ4n) is 3.04. The summed E-state index contributed by atoms with van der Waals surface area (Å²) in [6.45, 7) is 0.266. The summed E-state index contributed by atoms with van der Waals surface area (Å²) >= 11 is 17.7. The zero-order chi connectivity index (χ0) is 22.6. The topological polar surface area (TPSA) is 84.0 Å². The van der Waals surface area contributed by atoms with Crippen LogP contribution in [0.1, 0.15) is 5.56 Å². The van der Waals surface area contributed by atoms with Crippen molar-refractivity contribution in [2.24, 2.45) is 0 Å². The van der Waals surface area contributed by atoms with Gasteiger partial charge in [0.1, 0.15) is 0 Å². The largest absolute Gasteiger partial charge is 0.455 e. The molecule has 0 saturated carbocycles. The van der Waals surface area contributed by atoms with Crippen LogP contribution in [-0.4, -0.2) is 62.3 Å². The lowest BCUT2D eigenvalue weighted by atomic mass is 10.1. The van der Waals surface area contributed by atoms with Crippen molar-refractivity contribution in [3.05, 3.63) is 63.1 Å². The standard InChI is InChI=1S/C20H19Cl3N2O5S/c21-15-3-5-17(6-4-15)31(28,29)25-9-7-24(8-10-25)19(26)13-30-20(27)11-14-1-2-16(22)12-18(14)23/h1-6,12H,7-11,13H2. The molecule has 1 amide bonds. The Labute approximate surface area is 195 Å². The third-order valence-electron chi connectivity index (χ3n) is 4.75. The van der Waals surface area contributed by atoms with E-state index < -0.39 is 22.6 Å². The van der Waals surface area contributed by atoms with E-state index in [9.17, 15) is 18.0 Å². The van der Waals surface area contributed by atoms with Gasteiger partial charge >= 0.3 is 5.97 Å². The highest BCUT2D eigenvalue weighted by Crippen LogP contribution is 2.22. The lowest BCUT2D eigenvalue weighted by Gasteiger charge is -2.33. The molecule has 1 aliphatic rings. The van der Waals surface area contributed by atoms with E-state index in [0.29, 0.717) is 20.6 Å². The Kier molecular flexibility index (Phi) is 7.82. The van der Waals surface area contributed by atoms with Crippen molar-refractivity contribution in [2.75, 3.05) is 32.8 Å². The number of benzene rings is 2. The molecule has 0 atom stereocenters. The molecule has 0 unspecified atom stereocenters. The minimum absolute atomic E-state index is 0.0869. The molecule has 11 heteroatoms. The van der Waals surface area contributed by atoms with Crippen LogP contribution in [-0.2, 0) is 30.8 Å². The van der Waals surface area contributed by atoms with Crippen LogP contribution in [0.15, 0.2) is 47.4 Å². The minimum Gasteiger partial charge on any atom is -0.455 e. The number of ether oxygens (including phenoxy) is 1. The van der Waals surface area contributed by atoms with E-state index in [-0.39, 0.29) is 43.4 Å². The van der Waals surface area contributed by atoms with Gasteiger partial charge in [-0.15, -0.1) is 0 Å². The number of hydrogen-bond acceptors (Lipinski definition) is 5. The molecular formula is C20H19Cl3N2O5S. The number of carbonyl (C=O) groups is 2. The maximum Gasteiger partial charge on any atom is 0.310 e. The van der Waals surface area contributed by atoms with Gasteiger partial charge < -0.3 is 9.64 Å². The summed E-state index contributed by atoms with van der Waals surface area (Å²) in [5.74, 6) is -0.986. The highest BCUT2D eigenvalue weighted by atomic mass is 35.5. The number of rotatable bonds is 6. The molecule has 3 rings (SSSR count). The van der Waals surface area contributed by atoms with Gasteiger partial charge in [0.05, 0.1) is 11.3 Å². The summed E-state index contributed by atoms with van der Waals surface area (Å²) in [6.07, 6.45) is -0.0869. The maximum absolute atomic E-state index is 12.7. The Morgan fingerprint density at radius 3 is 2.13 bits per heavy atom. The fourth-order valence-corrected chi connectivity index (χ4v) is 5.06. The van der Waals surface area contributed by atoms with Gasteiger partial charge in [0.2, 0.25) is 10.0 Å². The summed E-state index contributed by atoms with van der Waals surface area (Å²) in [6, 6.07) is 10.7. The summed E-state index contributed by atoms with van der Waals surface area (Å²) in [5, 5.41) is 1.24. The molecule has 2 aromatic carbocycles. The number of halogens is 3. The lowest BCUT2D eigenvalue weighted by Crippen LogP contribution is -2.51. The van der Waals surface area contributed by atoms with Gasteiger partial charge in [-0.05, 0) is 42.0 Å². The van der Waals surface area contributed by atoms with Crippen molar-refractivity contribution >= 4 is 56.7 Å². The zero-order valence-corrected chi connectivity index (χ0v) is 19.3. The molecule has 0 radical (unpaired) electrons. The van der Waals surface area contributed by atoms with Crippen LogP contribution in [0.4, 0.5) is 0 Å². The summed E-state index contributed by atoms with van der Waals surface area (Å²) in [7, 11) is -3.67. The van der Waals surface area contributed by atoms with Crippen LogP contribution in [0.25, 0.3) is 0 Å². The van der Waals surface area contributed by atoms with Crippen LogP contribution in [0.3, 0.4) is 0 Å². The SMILES string of the molecule is O=C(Cc1ccc(Cl)cc1Cl)OCC(=O)N1CCN(S(=O)(=O)c2ccc(Cl)cc2)CC1. The summed E-state index contributed by atoms with van der Waals surface area (Å²) in [4.78, 5) is 26.0. The quantitative estimate of drug-likeness (QED) is 0.563. The Balaban J connectivity index is 1.48. The first-order valence-corrected chi connectivity index (χ1v) is 11.9. The number of hydrogen-bond donors (Lipinski definition) is 0. The first-order chi connectivity index (χ1) is 14.7. The van der Waals surface area contributed by atoms with Gasteiger partial charge in [-0.2, -0.15) is 4.31 Å². The number of piperazine rings is 1. The van der Waals surface area contributed by atoms with E-state index >= 15 is 0 Å². The molecule has 0 spiro atoms. The molecule has 0 bridgehead atoms. The van der Waals surface area contributed by atoms with E-state index in [1.54, 1.807) is 12.1 Å². The first-order valence-electron chi connectivity index (χ1n) is 9.30. The van der Waals surface area contributed by atoms with Crippen molar-refractivity contribution in [3.8, 4) is 0 Å². The monoisotopic (exact) mass is 504 g/mol. The predicted octanol–water partition coefficient (Wildman–Crippen LogP) is 3.27. The third kappa shape index (κ3) is 6.11. The first kappa shape index (κ1) is 23.8. The molecule has 1 fully saturated rings. The van der Waals surface area contributed by atoms with Crippen LogP contribution < -0.4 is 0 Å². The van der Waals surface area contributed by atoms with Gasteiger partial charge in [0.15, 0.2) is 6.61 Å². The molecule has 0 N–H and O–H groups in total. The maximum atomic E-state index is 12.7. The van der Waals surface area contributed by atoms with Crippen molar-refractivity contribution < 1.29 is 22.7 Å². The highest BCUT2D eigenvalue weighted by Gasteiger charge is 2.30. The lowest BCUT2D eigenvalue weighted by molar-refractivity contribution is -0.152. The zero-order valence-electron chi connectivity index (χ0n) is 16.3. The van der Waals surface area contributed by atoms with Crippen LogP contribution in [0.5, 0.6) is 0 Å². The van der Waals surface area contributed by atoms with Gasteiger partial charge in [-0.3, -0.25) is 9.59 Å². The second-order valence-corrected chi connectivity index (χ2v) is 10.0. The number of esters is 1. The molecular weight excluding hydrogens is 487 g/mol. The summed E-state index contributed by atoms with van der Waals surface area (Å²) in [5.41, 5.74) is 0.546. The molecule has 7 nitrogen and oxygen atoms in total. The van der Waals surface area contributed by atoms with E-state index in [4.69, 9.17) is 39.5 Å². The van der Waals surface area contributed by atoms with E-state index in [2.05, 4.69) is 0 Å². The second kappa shape index (κ2) is 10.2. The van der Waals surface area contributed by atoms with Crippen LogP contribution >= 0.6 is 34.8 Å². The fraction of sp³-hybridized carbons (Fsp3) is 0.300. The molecule has 0 aromatic heterocycles. The van der Waals surface area contributed by atoms with Crippen molar-refractivity contribution in [2.45, 2.75) is 11.3 Å². The smallest absolute Gasteiger partial charge is 0.310 e. The molecule has 1 saturated heterocycles. The molecule has 2 aromatic rings. The van der Waals surface area contributed by atoms with Gasteiger partial charge in [0, 0.05) is 41.2 Å². The average molecular weight is 506 g/mol. The van der Waals surface area contributed by atoms with Gasteiger partial charge in [0.25, 0.3) is 5.91 Å². The normalized spacial score (nSPS) is 15.0. The van der Waals surface area contributed by atoms with E-state index in [1.807, 2.05) is 0 Å². The van der Waals surface area contributed by atoms with Gasteiger partial charge in [-0.1, -0.05) is 40.9 Å². The third-order valence-corrected chi connectivity index (χ3v) is 7.50. The van der Waals surface area contributed by atoms with Crippen molar-refractivity contribution in [3.63, 3.8) is 0 Å². The molecule has 1 heterocycles. The Morgan fingerprint density at radius 2 is 1.52 bits per heavy atom. The van der Waals surface area contributed by atoms with Crippen molar-refractivity contribution in [1.29, 1.82) is 0 Å². The van der Waals surface area contributed by atoms with Gasteiger partial charge in [-0.25, -0.2) is 8.42 Å². The predicted molar refractivity (Wildman–Crippen MR) is 118 cm³/mol. The summed E-state index contributed by atoms with van der Waals surface area (Å²) < 4.78 is 31.8. The van der Waals surface area contributed by atoms with Crippen LogP contribution in [0.2, 0.25) is 15.1 Å². The number of sulfonamides is 1. The molecule has 1 aliphatic heterocycles. The second-order valence-electron chi connectivity index (χ2n) is 6.81. The molecule has 166 valence electrons. The Bertz CT molecular complexity index is 1070. The number of nitrogens with zero attached hydrogens (tertiary/aromatic N) is 2. The Morgan fingerprint density at radius 1 is 0.903 bits per heavy atom. The van der Waals surface area contributed by atoms with E-state index in [0.717, 1.165) is 0 Å².